The summed E-state index contributed by atoms with van der Waals surface area (Å²) in [6.07, 6.45) is 2.68. The van der Waals surface area contributed by atoms with E-state index in [0.717, 1.165) is 36.1 Å². The lowest BCUT2D eigenvalue weighted by molar-refractivity contribution is 0.173. The Kier molecular flexibility index (Phi) is 3.28. The summed E-state index contributed by atoms with van der Waals surface area (Å²) in [4.78, 5) is 0. The first-order valence-electron chi connectivity index (χ1n) is 7.58. The van der Waals surface area contributed by atoms with Gasteiger partial charge in [-0.25, -0.2) is 0 Å². The maximum atomic E-state index is 5.54. The van der Waals surface area contributed by atoms with Gasteiger partial charge in [0.25, 0.3) is 0 Å². The Morgan fingerprint density at radius 1 is 0.905 bits per heavy atom. The Morgan fingerprint density at radius 2 is 1.71 bits per heavy atom. The molecule has 0 aromatic heterocycles. The topological polar surface area (TPSA) is 30.5 Å². The lowest BCUT2D eigenvalue weighted by Gasteiger charge is -2.11. The van der Waals surface area contributed by atoms with Gasteiger partial charge in [-0.2, -0.15) is 0 Å². The second kappa shape index (κ2) is 5.41. The summed E-state index contributed by atoms with van der Waals surface area (Å²) in [7, 11) is 0. The molecular weight excluding hydrogens is 262 g/mol. The van der Waals surface area contributed by atoms with E-state index in [4.69, 9.17) is 9.47 Å². The molecule has 2 aliphatic rings. The highest BCUT2D eigenvalue weighted by Crippen LogP contribution is 2.41. The molecular formula is C18H19NO2. The predicted octanol–water partition coefficient (Wildman–Crippen LogP) is 3.58. The number of fused-ring (bicyclic) bond motifs is 1. The van der Waals surface area contributed by atoms with Gasteiger partial charge in [-0.3, -0.25) is 0 Å². The SMILES string of the molecule is c1ccc(C2CC2)c(CNCc2cccc3c2OCO3)c1. The minimum Gasteiger partial charge on any atom is -0.454 e. The van der Waals surface area contributed by atoms with Crippen molar-refractivity contribution in [3.63, 3.8) is 0 Å². The van der Waals surface area contributed by atoms with E-state index in [-0.39, 0.29) is 0 Å². The molecule has 0 bridgehead atoms. The van der Waals surface area contributed by atoms with Crippen LogP contribution in [0.25, 0.3) is 0 Å². The number of rotatable bonds is 5. The molecule has 0 radical (unpaired) electrons. The third kappa shape index (κ3) is 2.61. The molecule has 2 aromatic rings. The fraction of sp³-hybridized carbons (Fsp3) is 0.333. The normalized spacial score (nSPS) is 16.2. The maximum absolute atomic E-state index is 5.54. The number of ether oxygens (including phenoxy) is 2. The van der Waals surface area contributed by atoms with Crippen LogP contribution in [0, 0.1) is 0 Å². The quantitative estimate of drug-likeness (QED) is 0.908. The van der Waals surface area contributed by atoms with E-state index in [0.29, 0.717) is 6.79 Å². The van der Waals surface area contributed by atoms with Gasteiger partial charge in [-0.15, -0.1) is 0 Å². The second-order valence-electron chi connectivity index (χ2n) is 5.73. The third-order valence-electron chi connectivity index (χ3n) is 4.18. The third-order valence-corrected chi connectivity index (χ3v) is 4.18. The molecule has 0 saturated heterocycles. The fourth-order valence-corrected chi connectivity index (χ4v) is 2.95. The number of benzene rings is 2. The van der Waals surface area contributed by atoms with Crippen molar-refractivity contribution in [1.82, 2.24) is 5.32 Å². The Bertz CT molecular complexity index is 649. The summed E-state index contributed by atoms with van der Waals surface area (Å²) >= 11 is 0. The Balaban J connectivity index is 1.43. The Labute approximate surface area is 124 Å². The van der Waals surface area contributed by atoms with Gasteiger partial charge in [0.05, 0.1) is 0 Å². The standard InChI is InChI=1S/C18H19NO2/c1-2-6-16(13-8-9-13)14(4-1)10-19-11-15-5-3-7-17-18(15)21-12-20-17/h1-7,13,19H,8-12H2. The van der Waals surface area contributed by atoms with Crippen LogP contribution in [-0.2, 0) is 13.1 Å². The summed E-state index contributed by atoms with van der Waals surface area (Å²) in [6.45, 7) is 2.03. The first-order valence-corrected chi connectivity index (χ1v) is 7.58. The minimum absolute atomic E-state index is 0.330. The summed E-state index contributed by atoms with van der Waals surface area (Å²) in [5.41, 5.74) is 4.10. The van der Waals surface area contributed by atoms with Crippen LogP contribution < -0.4 is 14.8 Å². The van der Waals surface area contributed by atoms with Gasteiger partial charge in [0.15, 0.2) is 11.5 Å². The Morgan fingerprint density at radius 3 is 2.62 bits per heavy atom. The fourth-order valence-electron chi connectivity index (χ4n) is 2.95. The number of hydrogen-bond donors (Lipinski definition) is 1. The number of para-hydroxylation sites is 1. The lowest BCUT2D eigenvalue weighted by atomic mass is 10.0. The first kappa shape index (κ1) is 12.7. The zero-order chi connectivity index (χ0) is 14.1. The molecule has 1 heterocycles. The summed E-state index contributed by atoms with van der Waals surface area (Å²) in [5, 5.41) is 3.54. The van der Waals surface area contributed by atoms with Gasteiger partial charge < -0.3 is 14.8 Å². The molecule has 108 valence electrons. The molecule has 3 heteroatoms. The number of hydrogen-bond acceptors (Lipinski definition) is 3. The molecule has 21 heavy (non-hydrogen) atoms. The molecule has 2 aromatic carbocycles. The minimum atomic E-state index is 0.330. The summed E-state index contributed by atoms with van der Waals surface area (Å²) in [5.74, 6) is 2.54. The molecule has 1 aliphatic heterocycles. The molecule has 0 spiro atoms. The van der Waals surface area contributed by atoms with Crippen molar-refractivity contribution >= 4 is 0 Å². The highest BCUT2D eigenvalue weighted by atomic mass is 16.7. The van der Waals surface area contributed by atoms with Gasteiger partial charge >= 0.3 is 0 Å². The largest absolute Gasteiger partial charge is 0.454 e. The molecule has 0 atom stereocenters. The molecule has 0 unspecified atom stereocenters. The highest BCUT2D eigenvalue weighted by Gasteiger charge is 2.25. The van der Waals surface area contributed by atoms with E-state index in [2.05, 4.69) is 35.6 Å². The van der Waals surface area contributed by atoms with Crippen molar-refractivity contribution in [3.05, 3.63) is 59.2 Å². The van der Waals surface area contributed by atoms with Crippen molar-refractivity contribution in [2.24, 2.45) is 0 Å². The first-order chi connectivity index (χ1) is 10.4. The maximum Gasteiger partial charge on any atom is 0.231 e. The van der Waals surface area contributed by atoms with E-state index in [1.807, 2.05) is 12.1 Å². The van der Waals surface area contributed by atoms with Crippen molar-refractivity contribution in [2.45, 2.75) is 31.8 Å². The molecule has 1 aliphatic carbocycles. The van der Waals surface area contributed by atoms with E-state index >= 15 is 0 Å². The van der Waals surface area contributed by atoms with Gasteiger partial charge in [0, 0.05) is 18.7 Å². The summed E-state index contributed by atoms with van der Waals surface area (Å²) in [6, 6.07) is 14.8. The number of nitrogens with one attached hydrogen (secondary N) is 1. The summed E-state index contributed by atoms with van der Waals surface area (Å²) < 4.78 is 11.0. The van der Waals surface area contributed by atoms with Crippen LogP contribution in [0.3, 0.4) is 0 Å². The molecule has 1 N–H and O–H groups in total. The van der Waals surface area contributed by atoms with Crippen molar-refractivity contribution in [3.8, 4) is 11.5 Å². The average Bonchev–Trinajstić information content (AvgIpc) is 3.25. The van der Waals surface area contributed by atoms with Gasteiger partial charge in [0.2, 0.25) is 6.79 Å². The van der Waals surface area contributed by atoms with Crippen LogP contribution >= 0.6 is 0 Å². The van der Waals surface area contributed by atoms with E-state index in [9.17, 15) is 0 Å². The van der Waals surface area contributed by atoms with E-state index < -0.39 is 0 Å². The van der Waals surface area contributed by atoms with Crippen molar-refractivity contribution < 1.29 is 9.47 Å². The molecule has 0 amide bonds. The van der Waals surface area contributed by atoms with Gasteiger partial charge in [-0.1, -0.05) is 36.4 Å². The molecule has 3 nitrogen and oxygen atoms in total. The predicted molar refractivity (Wildman–Crippen MR) is 81.5 cm³/mol. The zero-order valence-corrected chi connectivity index (χ0v) is 12.0. The average molecular weight is 281 g/mol. The second-order valence-corrected chi connectivity index (χ2v) is 5.73. The van der Waals surface area contributed by atoms with Crippen LogP contribution in [0.4, 0.5) is 0 Å². The zero-order valence-electron chi connectivity index (χ0n) is 12.0. The van der Waals surface area contributed by atoms with Crippen molar-refractivity contribution in [1.29, 1.82) is 0 Å². The molecule has 1 saturated carbocycles. The van der Waals surface area contributed by atoms with E-state index in [1.165, 1.54) is 24.0 Å². The van der Waals surface area contributed by atoms with Crippen LogP contribution in [-0.4, -0.2) is 6.79 Å². The highest BCUT2D eigenvalue weighted by molar-refractivity contribution is 5.48. The molecule has 1 fully saturated rings. The Hall–Kier alpha value is -2.00. The van der Waals surface area contributed by atoms with Crippen LogP contribution in [0.1, 0.15) is 35.4 Å². The van der Waals surface area contributed by atoms with Crippen LogP contribution in [0.2, 0.25) is 0 Å². The van der Waals surface area contributed by atoms with E-state index in [1.54, 1.807) is 0 Å². The smallest absolute Gasteiger partial charge is 0.231 e. The monoisotopic (exact) mass is 281 g/mol. The van der Waals surface area contributed by atoms with Gasteiger partial charge in [-0.05, 0) is 36.0 Å². The lowest BCUT2D eigenvalue weighted by Crippen LogP contribution is -2.14. The van der Waals surface area contributed by atoms with Crippen LogP contribution in [0.5, 0.6) is 11.5 Å². The van der Waals surface area contributed by atoms with Crippen LogP contribution in [0.15, 0.2) is 42.5 Å². The van der Waals surface area contributed by atoms with Gasteiger partial charge in [0.1, 0.15) is 0 Å². The van der Waals surface area contributed by atoms with Crippen molar-refractivity contribution in [2.75, 3.05) is 6.79 Å². The molecule has 4 rings (SSSR count).